The van der Waals surface area contributed by atoms with Gasteiger partial charge >= 0.3 is 0 Å². The van der Waals surface area contributed by atoms with Crippen molar-refractivity contribution in [2.75, 3.05) is 0 Å². The van der Waals surface area contributed by atoms with Gasteiger partial charge in [-0.05, 0) is 12.1 Å². The lowest BCUT2D eigenvalue weighted by molar-refractivity contribution is 0.277. The van der Waals surface area contributed by atoms with Crippen LogP contribution in [0.4, 0.5) is 0 Å². The monoisotopic (exact) mass is 163 g/mol. The molecular weight excluding hydrogens is 154 g/mol. The Labute approximate surface area is 69.5 Å². The molecule has 0 atom stereocenters. The van der Waals surface area contributed by atoms with Crippen LogP contribution in [0.5, 0.6) is 0 Å². The first-order valence-electron chi connectivity index (χ1n) is 3.70. The van der Waals surface area contributed by atoms with Crippen LogP contribution in [-0.4, -0.2) is 19.9 Å². The van der Waals surface area contributed by atoms with Crippen molar-refractivity contribution in [3.63, 3.8) is 0 Å². The van der Waals surface area contributed by atoms with Crippen LogP contribution in [-0.2, 0) is 13.7 Å². The van der Waals surface area contributed by atoms with Crippen molar-refractivity contribution in [3.8, 4) is 0 Å². The number of pyridine rings is 1. The third-order valence-corrected chi connectivity index (χ3v) is 1.80. The number of rotatable bonds is 1. The Morgan fingerprint density at radius 2 is 2.33 bits per heavy atom. The number of hydrogen-bond donors (Lipinski definition) is 1. The predicted molar refractivity (Wildman–Crippen MR) is 44.4 cm³/mol. The van der Waals surface area contributed by atoms with Gasteiger partial charge in [0.25, 0.3) is 0 Å². The molecule has 2 heterocycles. The number of aliphatic hydroxyl groups excluding tert-OH is 1. The van der Waals surface area contributed by atoms with Gasteiger partial charge < -0.3 is 5.11 Å². The second-order valence-corrected chi connectivity index (χ2v) is 2.64. The third kappa shape index (κ3) is 0.967. The highest BCUT2D eigenvalue weighted by molar-refractivity contribution is 5.74. The Morgan fingerprint density at radius 1 is 1.50 bits per heavy atom. The molecule has 2 aromatic heterocycles. The topological polar surface area (TPSA) is 50.9 Å². The molecule has 0 spiro atoms. The second-order valence-electron chi connectivity index (χ2n) is 2.64. The van der Waals surface area contributed by atoms with E-state index in [1.54, 1.807) is 16.9 Å². The van der Waals surface area contributed by atoms with Crippen molar-refractivity contribution >= 4 is 11.0 Å². The van der Waals surface area contributed by atoms with Gasteiger partial charge in [-0.15, -0.1) is 0 Å². The van der Waals surface area contributed by atoms with Gasteiger partial charge in [-0.25, -0.2) is 4.98 Å². The summed E-state index contributed by atoms with van der Waals surface area (Å²) in [6, 6.07) is 3.70. The maximum atomic E-state index is 8.83. The van der Waals surface area contributed by atoms with Crippen molar-refractivity contribution in [2.24, 2.45) is 7.05 Å². The van der Waals surface area contributed by atoms with E-state index in [2.05, 4.69) is 10.1 Å². The minimum atomic E-state index is -0.0267. The third-order valence-electron chi connectivity index (χ3n) is 1.80. The summed E-state index contributed by atoms with van der Waals surface area (Å²) in [5, 5.41) is 13.9. The van der Waals surface area contributed by atoms with Gasteiger partial charge in [0, 0.05) is 12.4 Å². The van der Waals surface area contributed by atoms with E-state index in [0.29, 0.717) is 5.69 Å². The Hall–Kier alpha value is -1.42. The average Bonchev–Trinajstić information content (AvgIpc) is 2.47. The minimum Gasteiger partial charge on any atom is -0.390 e. The highest BCUT2D eigenvalue weighted by atomic mass is 16.3. The van der Waals surface area contributed by atoms with Crippen molar-refractivity contribution in [1.29, 1.82) is 0 Å². The molecule has 4 heteroatoms. The van der Waals surface area contributed by atoms with Crippen LogP contribution < -0.4 is 0 Å². The first-order chi connectivity index (χ1) is 5.81. The van der Waals surface area contributed by atoms with Gasteiger partial charge in [0.1, 0.15) is 0 Å². The van der Waals surface area contributed by atoms with E-state index in [4.69, 9.17) is 5.11 Å². The fourth-order valence-electron chi connectivity index (χ4n) is 1.15. The largest absolute Gasteiger partial charge is 0.390 e. The lowest BCUT2D eigenvalue weighted by Crippen LogP contribution is -1.94. The van der Waals surface area contributed by atoms with E-state index in [0.717, 1.165) is 11.0 Å². The molecule has 0 radical (unpaired) electrons. The van der Waals surface area contributed by atoms with Crippen LogP contribution in [0.1, 0.15) is 5.69 Å². The summed E-state index contributed by atoms with van der Waals surface area (Å²) in [5.74, 6) is 0. The van der Waals surface area contributed by atoms with Crippen molar-refractivity contribution < 1.29 is 5.11 Å². The fraction of sp³-hybridized carbons (Fsp3) is 0.250. The number of hydrogen-bond acceptors (Lipinski definition) is 3. The van der Waals surface area contributed by atoms with Crippen molar-refractivity contribution in [2.45, 2.75) is 6.61 Å². The molecule has 0 bridgehead atoms. The number of nitrogens with zero attached hydrogens (tertiary/aromatic N) is 3. The van der Waals surface area contributed by atoms with Crippen LogP contribution in [0.25, 0.3) is 11.0 Å². The summed E-state index contributed by atoms with van der Waals surface area (Å²) < 4.78 is 1.69. The number of fused-ring (bicyclic) bond motifs is 1. The highest BCUT2D eigenvalue weighted by Crippen LogP contribution is 2.10. The van der Waals surface area contributed by atoms with Crippen LogP contribution >= 0.6 is 0 Å². The Kier molecular flexibility index (Phi) is 1.55. The molecule has 12 heavy (non-hydrogen) atoms. The lowest BCUT2D eigenvalue weighted by atomic mass is 10.3. The molecular formula is C8H9N3O. The smallest absolute Gasteiger partial charge is 0.157 e. The first kappa shape index (κ1) is 7.24. The Balaban J connectivity index is 2.71. The molecule has 0 aliphatic heterocycles. The van der Waals surface area contributed by atoms with Crippen molar-refractivity contribution in [1.82, 2.24) is 14.8 Å². The first-order valence-corrected chi connectivity index (χ1v) is 3.70. The molecule has 0 amide bonds. The van der Waals surface area contributed by atoms with Gasteiger partial charge in [-0.3, -0.25) is 4.68 Å². The number of aryl methyl sites for hydroxylation is 1. The summed E-state index contributed by atoms with van der Waals surface area (Å²) in [5.41, 5.74) is 1.48. The van der Waals surface area contributed by atoms with Gasteiger partial charge in [-0.1, -0.05) is 0 Å². The second kappa shape index (κ2) is 2.57. The summed E-state index contributed by atoms with van der Waals surface area (Å²) in [4.78, 5) is 4.20. The molecule has 1 N–H and O–H groups in total. The molecule has 2 aromatic rings. The van der Waals surface area contributed by atoms with Crippen LogP contribution in [0.3, 0.4) is 0 Å². The lowest BCUT2D eigenvalue weighted by Gasteiger charge is -1.96. The van der Waals surface area contributed by atoms with E-state index in [9.17, 15) is 0 Å². The molecule has 0 unspecified atom stereocenters. The molecule has 0 aliphatic rings. The van der Waals surface area contributed by atoms with E-state index in [1.807, 2.05) is 13.1 Å². The normalized spacial score (nSPS) is 10.8. The molecule has 0 fully saturated rings. The Morgan fingerprint density at radius 3 is 3.08 bits per heavy atom. The zero-order valence-corrected chi connectivity index (χ0v) is 6.73. The molecule has 4 nitrogen and oxygen atoms in total. The molecule has 0 aliphatic carbocycles. The van der Waals surface area contributed by atoms with Crippen molar-refractivity contribution in [3.05, 3.63) is 24.0 Å². The SMILES string of the molecule is Cn1ncc2ccc(CO)nc21. The minimum absolute atomic E-state index is 0.0267. The van der Waals surface area contributed by atoms with E-state index < -0.39 is 0 Å². The number of aliphatic hydroxyl groups is 1. The van der Waals surface area contributed by atoms with Gasteiger partial charge in [-0.2, -0.15) is 5.10 Å². The predicted octanol–water partition coefficient (Wildman–Crippen LogP) is 0.461. The average molecular weight is 163 g/mol. The number of aromatic nitrogens is 3. The van der Waals surface area contributed by atoms with Gasteiger partial charge in [0.2, 0.25) is 0 Å². The van der Waals surface area contributed by atoms with Gasteiger partial charge in [0.15, 0.2) is 5.65 Å². The maximum Gasteiger partial charge on any atom is 0.157 e. The molecule has 62 valence electrons. The summed E-state index contributed by atoms with van der Waals surface area (Å²) in [6.45, 7) is -0.0267. The van der Waals surface area contributed by atoms with E-state index >= 15 is 0 Å². The summed E-state index contributed by atoms with van der Waals surface area (Å²) >= 11 is 0. The molecule has 0 aromatic carbocycles. The maximum absolute atomic E-state index is 8.83. The van der Waals surface area contributed by atoms with Gasteiger partial charge in [0.05, 0.1) is 18.5 Å². The summed E-state index contributed by atoms with van der Waals surface area (Å²) in [7, 11) is 1.83. The van der Waals surface area contributed by atoms with Crippen LogP contribution in [0, 0.1) is 0 Å². The molecule has 0 saturated carbocycles. The van der Waals surface area contributed by atoms with E-state index in [1.165, 1.54) is 0 Å². The standard InChI is InChI=1S/C8H9N3O/c1-11-8-6(4-9-11)2-3-7(5-12)10-8/h2-4,12H,5H2,1H3. The fourth-order valence-corrected chi connectivity index (χ4v) is 1.15. The van der Waals surface area contributed by atoms with Crippen LogP contribution in [0.15, 0.2) is 18.3 Å². The zero-order chi connectivity index (χ0) is 8.55. The molecule has 0 saturated heterocycles. The Bertz CT molecular complexity index is 408. The summed E-state index contributed by atoms with van der Waals surface area (Å²) in [6.07, 6.45) is 1.75. The highest BCUT2D eigenvalue weighted by Gasteiger charge is 2.00. The zero-order valence-electron chi connectivity index (χ0n) is 6.73. The quantitative estimate of drug-likeness (QED) is 0.664. The van der Waals surface area contributed by atoms with E-state index in [-0.39, 0.29) is 6.61 Å². The van der Waals surface area contributed by atoms with Crippen LogP contribution in [0.2, 0.25) is 0 Å². The molecule has 2 rings (SSSR count).